The molecule has 1 aliphatic rings. The summed E-state index contributed by atoms with van der Waals surface area (Å²) in [4.78, 5) is 8.82. The van der Waals surface area contributed by atoms with E-state index in [4.69, 9.17) is 4.74 Å². The van der Waals surface area contributed by atoms with Crippen LogP contribution in [0, 0.1) is 5.82 Å². The van der Waals surface area contributed by atoms with Crippen molar-refractivity contribution < 1.29 is 9.13 Å². The SMILES string of the molecule is CN(C)c1n[nH]c(C2CCN(CCOc3cccc(F)c3)CC2)n1. The van der Waals surface area contributed by atoms with Crippen molar-refractivity contribution in [3.63, 3.8) is 0 Å². The van der Waals surface area contributed by atoms with E-state index >= 15 is 0 Å². The van der Waals surface area contributed by atoms with Crippen LogP contribution in [0.5, 0.6) is 5.75 Å². The lowest BCUT2D eigenvalue weighted by Gasteiger charge is -2.30. The van der Waals surface area contributed by atoms with Gasteiger partial charge in [-0.3, -0.25) is 10.00 Å². The first kappa shape index (κ1) is 16.7. The Morgan fingerprint density at radius 3 is 2.79 bits per heavy atom. The van der Waals surface area contributed by atoms with E-state index in [1.807, 2.05) is 19.0 Å². The minimum atomic E-state index is -0.266. The monoisotopic (exact) mass is 333 g/mol. The van der Waals surface area contributed by atoms with Crippen LogP contribution in [0.4, 0.5) is 10.3 Å². The number of halogens is 1. The molecule has 1 N–H and O–H groups in total. The third-order valence-electron chi connectivity index (χ3n) is 4.34. The van der Waals surface area contributed by atoms with Gasteiger partial charge in [0.1, 0.15) is 24.0 Å². The van der Waals surface area contributed by atoms with Crippen LogP contribution in [-0.4, -0.2) is 60.4 Å². The molecule has 2 aromatic rings. The summed E-state index contributed by atoms with van der Waals surface area (Å²) in [6.07, 6.45) is 2.12. The molecule has 1 saturated heterocycles. The van der Waals surface area contributed by atoms with E-state index in [0.717, 1.165) is 44.2 Å². The highest BCUT2D eigenvalue weighted by atomic mass is 19.1. The van der Waals surface area contributed by atoms with Crippen molar-refractivity contribution in [1.82, 2.24) is 20.1 Å². The minimum absolute atomic E-state index is 0.266. The second-order valence-electron chi connectivity index (χ2n) is 6.34. The molecule has 0 saturated carbocycles. The van der Waals surface area contributed by atoms with Gasteiger partial charge >= 0.3 is 0 Å². The summed E-state index contributed by atoms with van der Waals surface area (Å²) < 4.78 is 18.7. The summed E-state index contributed by atoms with van der Waals surface area (Å²) in [6, 6.07) is 6.28. The van der Waals surface area contributed by atoms with E-state index in [1.165, 1.54) is 12.1 Å². The van der Waals surface area contributed by atoms with Gasteiger partial charge in [0.05, 0.1) is 0 Å². The van der Waals surface area contributed by atoms with Crippen LogP contribution in [0.25, 0.3) is 0 Å². The highest BCUT2D eigenvalue weighted by molar-refractivity contribution is 5.25. The van der Waals surface area contributed by atoms with Gasteiger partial charge in [0, 0.05) is 32.6 Å². The lowest BCUT2D eigenvalue weighted by molar-refractivity contribution is 0.171. The first-order valence-electron chi connectivity index (χ1n) is 8.32. The van der Waals surface area contributed by atoms with E-state index in [2.05, 4.69) is 20.1 Å². The zero-order valence-corrected chi connectivity index (χ0v) is 14.2. The minimum Gasteiger partial charge on any atom is -0.492 e. The smallest absolute Gasteiger partial charge is 0.244 e. The number of hydrogen-bond acceptors (Lipinski definition) is 5. The molecule has 6 nitrogen and oxygen atoms in total. The van der Waals surface area contributed by atoms with Crippen molar-refractivity contribution in [3.05, 3.63) is 35.9 Å². The van der Waals surface area contributed by atoms with E-state index in [1.54, 1.807) is 12.1 Å². The number of hydrogen-bond donors (Lipinski definition) is 1. The maximum absolute atomic E-state index is 13.1. The predicted octanol–water partition coefficient (Wildman–Crippen LogP) is 2.27. The summed E-state index contributed by atoms with van der Waals surface area (Å²) in [5.74, 6) is 2.47. The summed E-state index contributed by atoms with van der Waals surface area (Å²) >= 11 is 0. The molecular formula is C17H24FN5O. The molecular weight excluding hydrogens is 309 g/mol. The van der Waals surface area contributed by atoms with Crippen LogP contribution < -0.4 is 9.64 Å². The quantitative estimate of drug-likeness (QED) is 0.879. The van der Waals surface area contributed by atoms with Crippen LogP contribution >= 0.6 is 0 Å². The molecule has 7 heteroatoms. The first-order valence-corrected chi connectivity index (χ1v) is 8.32. The van der Waals surface area contributed by atoms with Crippen LogP contribution in [0.3, 0.4) is 0 Å². The van der Waals surface area contributed by atoms with Gasteiger partial charge in [0.25, 0.3) is 0 Å². The number of nitrogens with zero attached hydrogens (tertiary/aromatic N) is 4. The molecule has 0 spiro atoms. The fourth-order valence-corrected chi connectivity index (χ4v) is 2.93. The topological polar surface area (TPSA) is 57.3 Å². The molecule has 0 atom stereocenters. The number of anilines is 1. The maximum Gasteiger partial charge on any atom is 0.244 e. The van der Waals surface area contributed by atoms with Gasteiger partial charge in [-0.15, -0.1) is 5.10 Å². The van der Waals surface area contributed by atoms with Crippen LogP contribution in [-0.2, 0) is 0 Å². The van der Waals surface area contributed by atoms with Crippen molar-refractivity contribution in [2.45, 2.75) is 18.8 Å². The van der Waals surface area contributed by atoms with E-state index in [0.29, 0.717) is 18.3 Å². The molecule has 2 heterocycles. The largest absolute Gasteiger partial charge is 0.492 e. The second-order valence-corrected chi connectivity index (χ2v) is 6.34. The summed E-state index contributed by atoms with van der Waals surface area (Å²) in [5.41, 5.74) is 0. The Balaban J connectivity index is 1.41. The molecule has 1 aliphatic heterocycles. The number of ether oxygens (including phenoxy) is 1. The number of likely N-dealkylation sites (tertiary alicyclic amines) is 1. The highest BCUT2D eigenvalue weighted by Gasteiger charge is 2.23. The van der Waals surface area contributed by atoms with Gasteiger partial charge in [-0.1, -0.05) is 6.07 Å². The number of aromatic amines is 1. The molecule has 0 radical (unpaired) electrons. The number of aromatic nitrogens is 3. The normalized spacial score (nSPS) is 16.3. The Morgan fingerprint density at radius 2 is 2.12 bits per heavy atom. The fraction of sp³-hybridized carbons (Fsp3) is 0.529. The van der Waals surface area contributed by atoms with Crippen LogP contribution in [0.1, 0.15) is 24.6 Å². The number of piperidine rings is 1. The second kappa shape index (κ2) is 7.61. The van der Waals surface area contributed by atoms with Gasteiger partial charge in [0.2, 0.25) is 5.95 Å². The molecule has 0 bridgehead atoms. The third-order valence-corrected chi connectivity index (χ3v) is 4.34. The van der Waals surface area contributed by atoms with Gasteiger partial charge in [0.15, 0.2) is 0 Å². The molecule has 24 heavy (non-hydrogen) atoms. The Labute approximate surface area is 141 Å². The molecule has 3 rings (SSSR count). The Morgan fingerprint density at radius 1 is 1.33 bits per heavy atom. The van der Waals surface area contributed by atoms with Crippen LogP contribution in [0.2, 0.25) is 0 Å². The maximum atomic E-state index is 13.1. The fourth-order valence-electron chi connectivity index (χ4n) is 2.93. The zero-order chi connectivity index (χ0) is 16.9. The molecule has 0 amide bonds. The van der Waals surface area contributed by atoms with Gasteiger partial charge in [-0.05, 0) is 38.1 Å². The number of H-pyrrole nitrogens is 1. The van der Waals surface area contributed by atoms with E-state index < -0.39 is 0 Å². The van der Waals surface area contributed by atoms with E-state index in [9.17, 15) is 4.39 Å². The molecule has 1 aromatic heterocycles. The van der Waals surface area contributed by atoms with Crippen molar-refractivity contribution in [1.29, 1.82) is 0 Å². The number of rotatable bonds is 6. The number of benzene rings is 1. The molecule has 1 fully saturated rings. The average Bonchev–Trinajstić information content (AvgIpc) is 3.06. The summed E-state index contributed by atoms with van der Waals surface area (Å²) in [5, 5.41) is 7.29. The van der Waals surface area contributed by atoms with Crippen LogP contribution in [0.15, 0.2) is 24.3 Å². The van der Waals surface area contributed by atoms with Crippen molar-refractivity contribution in [2.24, 2.45) is 0 Å². The highest BCUT2D eigenvalue weighted by Crippen LogP contribution is 2.26. The Hall–Kier alpha value is -2.15. The van der Waals surface area contributed by atoms with Gasteiger partial charge in [-0.25, -0.2) is 4.39 Å². The third kappa shape index (κ3) is 4.23. The van der Waals surface area contributed by atoms with E-state index in [-0.39, 0.29) is 5.82 Å². The number of nitrogens with one attached hydrogen (secondary N) is 1. The van der Waals surface area contributed by atoms with Gasteiger partial charge < -0.3 is 9.64 Å². The summed E-state index contributed by atoms with van der Waals surface area (Å²) in [6.45, 7) is 3.44. The standard InChI is InChI=1S/C17H24FN5O/c1-22(2)17-19-16(20-21-17)13-6-8-23(9-7-13)10-11-24-15-5-3-4-14(18)12-15/h3-5,12-13H,6-11H2,1-2H3,(H,19,20,21). The van der Waals surface area contributed by atoms with Crippen molar-refractivity contribution in [3.8, 4) is 5.75 Å². The van der Waals surface area contributed by atoms with Crippen molar-refractivity contribution in [2.75, 3.05) is 45.2 Å². The Kier molecular flexibility index (Phi) is 5.30. The van der Waals surface area contributed by atoms with Gasteiger partial charge in [-0.2, -0.15) is 4.98 Å². The zero-order valence-electron chi connectivity index (χ0n) is 14.2. The molecule has 130 valence electrons. The molecule has 0 aliphatic carbocycles. The lowest BCUT2D eigenvalue weighted by atomic mass is 9.96. The predicted molar refractivity (Wildman–Crippen MR) is 91.0 cm³/mol. The molecule has 1 aromatic carbocycles. The van der Waals surface area contributed by atoms with Crippen molar-refractivity contribution >= 4 is 5.95 Å². The Bertz CT molecular complexity index is 652. The lowest BCUT2D eigenvalue weighted by Crippen LogP contribution is -2.36. The average molecular weight is 333 g/mol. The summed E-state index contributed by atoms with van der Waals surface area (Å²) in [7, 11) is 3.88. The first-order chi connectivity index (χ1) is 11.6. The molecule has 0 unspecified atom stereocenters.